The maximum Gasteiger partial charge on any atom is 0.344 e. The molecule has 1 aliphatic heterocycles. The Balaban J connectivity index is 1.45. The highest BCUT2D eigenvalue weighted by atomic mass is 16.7. The summed E-state index contributed by atoms with van der Waals surface area (Å²) >= 11 is 0. The highest BCUT2D eigenvalue weighted by Gasteiger charge is 2.50. The second-order valence-electron chi connectivity index (χ2n) is 9.70. The van der Waals surface area contributed by atoms with Crippen LogP contribution in [0.3, 0.4) is 0 Å². The fourth-order valence-electron chi connectivity index (χ4n) is 4.92. The minimum absolute atomic E-state index is 0.387. The minimum atomic E-state index is -2.14. The van der Waals surface area contributed by atoms with Crippen molar-refractivity contribution in [2.75, 3.05) is 6.61 Å². The molecule has 2 aromatic carbocycles. The van der Waals surface area contributed by atoms with Crippen LogP contribution < -0.4 is 5.63 Å². The van der Waals surface area contributed by atoms with E-state index in [-0.39, 0.29) is 5.56 Å². The van der Waals surface area contributed by atoms with Gasteiger partial charge in [-0.05, 0) is 18.2 Å². The normalized spacial score (nSPS) is 25.0. The van der Waals surface area contributed by atoms with Gasteiger partial charge in [0.15, 0.2) is 52.5 Å². The smallest absolute Gasteiger partial charge is 0.344 e. The van der Waals surface area contributed by atoms with E-state index in [9.17, 15) is 65.1 Å². The maximum atomic E-state index is 13.4. The molecule has 6 atom stereocenters. The predicted molar refractivity (Wildman–Crippen MR) is 134 cm³/mol. The van der Waals surface area contributed by atoms with E-state index in [4.69, 9.17) is 18.6 Å². The number of phenolic OH excluding ortho intramolecular Hbond substituents is 6. The number of carbonyl (C=O) groups excluding carboxylic acids is 3. The summed E-state index contributed by atoms with van der Waals surface area (Å²) in [4.78, 5) is 51.0. The molecule has 0 unspecified atom stereocenters. The Bertz CT molecular complexity index is 1700. The van der Waals surface area contributed by atoms with Crippen LogP contribution >= 0.6 is 0 Å². The van der Waals surface area contributed by atoms with E-state index in [0.717, 1.165) is 6.07 Å². The molecule has 1 aliphatic carbocycles. The lowest BCUT2D eigenvalue weighted by atomic mass is 9.95. The number of benzene rings is 2. The molecule has 9 N–H and O–H groups in total. The van der Waals surface area contributed by atoms with Crippen molar-refractivity contribution < 1.29 is 79.0 Å². The van der Waals surface area contributed by atoms with Gasteiger partial charge in [-0.1, -0.05) is 0 Å². The van der Waals surface area contributed by atoms with Gasteiger partial charge in [0.1, 0.15) is 12.2 Å². The van der Waals surface area contributed by atoms with Gasteiger partial charge in [-0.2, -0.15) is 0 Å². The molecule has 228 valence electrons. The van der Waals surface area contributed by atoms with Crippen LogP contribution in [0.5, 0.6) is 34.5 Å². The number of aliphatic hydroxyl groups is 3. The molecule has 1 fully saturated rings. The lowest BCUT2D eigenvalue weighted by molar-refractivity contribution is -0.288. The summed E-state index contributed by atoms with van der Waals surface area (Å²) in [5.74, 6) is -11.5. The summed E-state index contributed by atoms with van der Waals surface area (Å²) in [6.07, 6.45) is -10.4. The van der Waals surface area contributed by atoms with Crippen molar-refractivity contribution in [1.82, 2.24) is 0 Å². The molecule has 43 heavy (non-hydrogen) atoms. The highest BCUT2D eigenvalue weighted by Crippen LogP contribution is 2.47. The van der Waals surface area contributed by atoms with Crippen LogP contribution in [0.4, 0.5) is 0 Å². The first-order chi connectivity index (χ1) is 20.2. The standard InChI is InChI=1S/C26H22O17/c27-5-13-18(34)22(20(36)26(40-13)43-23(37)6-1-9(28)16(32)10(29)2-6)42-25(39)8-4-12(31)21-15(8)14-7(24(38)41-21)3-11(30)17(33)19(14)35/h1-3,8,13,18,20,22,26-30,32-36H,4-5H2/t8-,13+,18+,20+,22-,26-/m0/s1. The summed E-state index contributed by atoms with van der Waals surface area (Å²) in [5, 5.41) is 89.2. The summed E-state index contributed by atoms with van der Waals surface area (Å²) in [6.45, 7) is -0.937. The molecule has 17 heteroatoms. The molecule has 1 saturated heterocycles. The second-order valence-corrected chi connectivity index (χ2v) is 9.70. The van der Waals surface area contributed by atoms with Gasteiger partial charge in [-0.15, -0.1) is 0 Å². The quantitative estimate of drug-likeness (QED) is 0.123. The first-order valence-electron chi connectivity index (χ1n) is 12.3. The third-order valence-electron chi connectivity index (χ3n) is 7.06. The van der Waals surface area contributed by atoms with E-state index < -0.39 is 130 Å². The van der Waals surface area contributed by atoms with E-state index in [0.29, 0.717) is 12.1 Å². The van der Waals surface area contributed by atoms with Gasteiger partial charge >= 0.3 is 17.6 Å². The lowest BCUT2D eigenvalue weighted by Crippen LogP contribution is -2.61. The fourth-order valence-corrected chi connectivity index (χ4v) is 4.92. The molecule has 0 spiro atoms. The van der Waals surface area contributed by atoms with Crippen molar-refractivity contribution in [2.45, 2.75) is 43.0 Å². The number of aliphatic hydroxyl groups excluding tert-OH is 3. The molecule has 0 radical (unpaired) electrons. The molecular weight excluding hydrogens is 584 g/mol. The minimum Gasteiger partial charge on any atom is -0.504 e. The average Bonchev–Trinajstić information content (AvgIpc) is 3.29. The van der Waals surface area contributed by atoms with Crippen LogP contribution in [0.1, 0.15) is 38.8 Å². The maximum absolute atomic E-state index is 13.4. The number of esters is 2. The summed E-state index contributed by atoms with van der Waals surface area (Å²) in [7, 11) is 0. The molecule has 2 heterocycles. The number of phenols is 6. The van der Waals surface area contributed by atoms with Gasteiger partial charge in [0, 0.05) is 17.4 Å². The van der Waals surface area contributed by atoms with Crippen LogP contribution in [-0.4, -0.2) is 101 Å². The molecule has 0 saturated carbocycles. The van der Waals surface area contributed by atoms with E-state index in [1.54, 1.807) is 0 Å². The number of rotatable bonds is 5. The fraction of sp³-hybridized carbons (Fsp3) is 0.308. The number of ether oxygens (including phenoxy) is 3. The zero-order chi connectivity index (χ0) is 31.5. The Kier molecular flexibility index (Phi) is 7.26. The van der Waals surface area contributed by atoms with E-state index in [2.05, 4.69) is 0 Å². The number of Topliss-reactive ketones (excluding diaryl/α,β-unsaturated/α-hetero) is 1. The topological polar surface area (TPSA) is 291 Å². The van der Waals surface area contributed by atoms with Gasteiger partial charge in [-0.25, -0.2) is 9.59 Å². The Labute approximate surface area is 237 Å². The van der Waals surface area contributed by atoms with Crippen LogP contribution in [0.2, 0.25) is 0 Å². The zero-order valence-corrected chi connectivity index (χ0v) is 21.4. The first-order valence-corrected chi connectivity index (χ1v) is 12.3. The van der Waals surface area contributed by atoms with E-state index in [1.807, 2.05) is 0 Å². The Morgan fingerprint density at radius 2 is 1.49 bits per heavy atom. The molecule has 5 rings (SSSR count). The molecular formula is C26H22O17. The first kappa shape index (κ1) is 29.4. The SMILES string of the molecule is O=C(O[C@@H]1O[C@H](CO)[C@@H](O)[C@H](OC(=O)[C@H]2CC(=O)c3oc(=O)c4cc(O)c(O)c(O)c4c32)[C@H]1O)c1cc(O)c(O)c(O)c1. The second kappa shape index (κ2) is 10.6. The molecule has 1 aromatic heterocycles. The number of hydrogen-bond donors (Lipinski definition) is 9. The number of aromatic hydroxyl groups is 6. The number of carbonyl (C=O) groups is 3. The van der Waals surface area contributed by atoms with Crippen molar-refractivity contribution in [1.29, 1.82) is 0 Å². The predicted octanol–water partition coefficient (Wildman–Crippen LogP) is -1.10. The van der Waals surface area contributed by atoms with Crippen molar-refractivity contribution in [3.05, 3.63) is 45.5 Å². The summed E-state index contributed by atoms with van der Waals surface area (Å²) in [5.41, 5.74) is -2.09. The number of ketones is 1. The van der Waals surface area contributed by atoms with Crippen LogP contribution in [-0.2, 0) is 19.0 Å². The Hall–Kier alpha value is -5.10. The number of hydrogen-bond acceptors (Lipinski definition) is 17. The molecule has 0 amide bonds. The van der Waals surface area contributed by atoms with Crippen LogP contribution in [0, 0.1) is 0 Å². The van der Waals surface area contributed by atoms with Gasteiger partial charge in [0.05, 0.1) is 23.5 Å². The van der Waals surface area contributed by atoms with Crippen molar-refractivity contribution >= 4 is 28.5 Å². The van der Waals surface area contributed by atoms with Gasteiger partial charge < -0.3 is 64.6 Å². The molecule has 3 aromatic rings. The number of fused-ring (bicyclic) bond motifs is 3. The summed E-state index contributed by atoms with van der Waals surface area (Å²) in [6, 6.07) is 2.17. The van der Waals surface area contributed by atoms with E-state index in [1.165, 1.54) is 0 Å². The average molecular weight is 606 g/mol. The van der Waals surface area contributed by atoms with Gasteiger partial charge in [0.25, 0.3) is 0 Å². The molecule has 0 bridgehead atoms. The van der Waals surface area contributed by atoms with Gasteiger partial charge in [0.2, 0.25) is 12.0 Å². The lowest BCUT2D eigenvalue weighted by Gasteiger charge is -2.41. The highest BCUT2D eigenvalue weighted by molar-refractivity contribution is 6.10. The zero-order valence-electron chi connectivity index (χ0n) is 21.4. The van der Waals surface area contributed by atoms with Crippen molar-refractivity contribution in [3.63, 3.8) is 0 Å². The third-order valence-corrected chi connectivity index (χ3v) is 7.06. The van der Waals surface area contributed by atoms with Gasteiger partial charge in [-0.3, -0.25) is 9.59 Å². The third kappa shape index (κ3) is 4.79. The Morgan fingerprint density at radius 1 is 0.860 bits per heavy atom. The molecule has 2 aliphatic rings. The molecule has 17 nitrogen and oxygen atoms in total. The summed E-state index contributed by atoms with van der Waals surface area (Å²) < 4.78 is 20.5. The monoisotopic (exact) mass is 606 g/mol. The van der Waals surface area contributed by atoms with E-state index >= 15 is 0 Å². The Morgan fingerprint density at radius 3 is 2.12 bits per heavy atom. The van der Waals surface area contributed by atoms with Crippen LogP contribution in [0.15, 0.2) is 27.4 Å². The van der Waals surface area contributed by atoms with Crippen molar-refractivity contribution in [3.8, 4) is 34.5 Å². The van der Waals surface area contributed by atoms with Crippen molar-refractivity contribution in [2.24, 2.45) is 0 Å². The largest absolute Gasteiger partial charge is 0.504 e. The van der Waals surface area contributed by atoms with Crippen LogP contribution in [0.25, 0.3) is 10.8 Å².